The molecule has 1 N–H and O–H groups in total. The fraction of sp³-hybridized carbons (Fsp3) is 0.0769. The summed E-state index contributed by atoms with van der Waals surface area (Å²) < 4.78 is 1.70. The van der Waals surface area contributed by atoms with Crippen molar-refractivity contribution in [2.24, 2.45) is 7.05 Å². The van der Waals surface area contributed by atoms with E-state index in [9.17, 15) is 4.79 Å². The maximum absolute atomic E-state index is 11.2. The summed E-state index contributed by atoms with van der Waals surface area (Å²) in [6.07, 6.45) is 2.63. The predicted molar refractivity (Wildman–Crippen MR) is 70.9 cm³/mol. The highest BCUT2D eigenvalue weighted by Gasteiger charge is 2.16. The summed E-state index contributed by atoms with van der Waals surface area (Å²) in [5.74, 6) is 0. The molecule has 0 aliphatic carbocycles. The molecule has 0 aliphatic rings. The lowest BCUT2D eigenvalue weighted by Crippen LogP contribution is -1.89. The molecule has 0 radical (unpaired) electrons. The zero-order valence-corrected chi connectivity index (χ0v) is 10.4. The van der Waals surface area contributed by atoms with Crippen LogP contribution in [0.3, 0.4) is 0 Å². The highest BCUT2D eigenvalue weighted by molar-refractivity contribution is 6.35. The molecule has 0 amide bonds. The fourth-order valence-electron chi connectivity index (χ4n) is 2.11. The van der Waals surface area contributed by atoms with Gasteiger partial charge >= 0.3 is 0 Å². The highest BCUT2D eigenvalue weighted by atomic mass is 35.5. The third-order valence-corrected chi connectivity index (χ3v) is 3.21. The van der Waals surface area contributed by atoms with Crippen LogP contribution in [0, 0.1) is 0 Å². The minimum absolute atomic E-state index is 0.497. The normalized spacial score (nSPS) is 11.0. The van der Waals surface area contributed by atoms with Crippen LogP contribution in [-0.4, -0.2) is 21.1 Å². The number of aldehydes is 1. The van der Waals surface area contributed by atoms with Crippen LogP contribution in [0.25, 0.3) is 22.2 Å². The Labute approximate surface area is 108 Å². The van der Waals surface area contributed by atoms with E-state index in [1.54, 1.807) is 10.7 Å². The third kappa shape index (κ3) is 1.54. The maximum atomic E-state index is 11.2. The predicted octanol–water partition coefficient (Wildman–Crippen LogP) is 3.03. The molecule has 0 saturated carbocycles. The SMILES string of the molecule is Cn1ccc(-c2c(C=O)[nH]c3c(Cl)cccc23)n1. The van der Waals surface area contributed by atoms with Crippen molar-refractivity contribution in [1.82, 2.24) is 14.8 Å². The Kier molecular flexibility index (Phi) is 2.45. The van der Waals surface area contributed by atoms with Crippen LogP contribution >= 0.6 is 11.6 Å². The number of H-pyrrole nitrogens is 1. The van der Waals surface area contributed by atoms with Gasteiger partial charge in [0.2, 0.25) is 0 Å². The van der Waals surface area contributed by atoms with E-state index >= 15 is 0 Å². The number of para-hydroxylation sites is 1. The number of carbonyl (C=O) groups excluding carboxylic acids is 1. The Hall–Kier alpha value is -2.07. The molecule has 2 heterocycles. The monoisotopic (exact) mass is 259 g/mol. The molecule has 2 aromatic heterocycles. The summed E-state index contributed by atoms with van der Waals surface area (Å²) in [7, 11) is 1.84. The van der Waals surface area contributed by atoms with Crippen molar-refractivity contribution in [2.75, 3.05) is 0 Å². The number of halogens is 1. The number of hydrogen-bond acceptors (Lipinski definition) is 2. The minimum Gasteiger partial charge on any atom is -0.351 e. The fourth-order valence-corrected chi connectivity index (χ4v) is 2.34. The molecule has 1 aromatic carbocycles. The van der Waals surface area contributed by atoms with Gasteiger partial charge in [0, 0.05) is 24.2 Å². The van der Waals surface area contributed by atoms with E-state index in [0.717, 1.165) is 28.4 Å². The molecule has 0 fully saturated rings. The van der Waals surface area contributed by atoms with Crippen molar-refractivity contribution in [3.05, 3.63) is 41.2 Å². The first-order chi connectivity index (χ1) is 8.70. The summed E-state index contributed by atoms with van der Waals surface area (Å²) in [6.45, 7) is 0. The van der Waals surface area contributed by atoms with Gasteiger partial charge in [0.15, 0.2) is 6.29 Å². The molecule has 0 saturated heterocycles. The molecular formula is C13H10ClN3O. The molecule has 4 nitrogen and oxygen atoms in total. The van der Waals surface area contributed by atoms with Crippen LogP contribution in [0.4, 0.5) is 0 Å². The summed E-state index contributed by atoms with van der Waals surface area (Å²) in [5.41, 5.74) is 2.81. The first-order valence-corrected chi connectivity index (χ1v) is 5.84. The van der Waals surface area contributed by atoms with Crippen LogP contribution in [0.2, 0.25) is 5.02 Å². The number of carbonyl (C=O) groups is 1. The van der Waals surface area contributed by atoms with Crippen molar-refractivity contribution >= 4 is 28.8 Å². The summed E-state index contributed by atoms with van der Waals surface area (Å²) >= 11 is 6.12. The number of hydrogen-bond donors (Lipinski definition) is 1. The number of fused-ring (bicyclic) bond motifs is 1. The van der Waals surface area contributed by atoms with E-state index < -0.39 is 0 Å². The van der Waals surface area contributed by atoms with Gasteiger partial charge in [0.25, 0.3) is 0 Å². The van der Waals surface area contributed by atoms with E-state index in [1.165, 1.54) is 0 Å². The minimum atomic E-state index is 0.497. The molecule has 90 valence electrons. The quantitative estimate of drug-likeness (QED) is 0.719. The molecule has 0 aliphatic heterocycles. The molecule has 0 atom stereocenters. The zero-order chi connectivity index (χ0) is 12.7. The smallest absolute Gasteiger partial charge is 0.166 e. The molecule has 18 heavy (non-hydrogen) atoms. The van der Waals surface area contributed by atoms with Gasteiger partial charge in [0.05, 0.1) is 21.9 Å². The van der Waals surface area contributed by atoms with Crippen molar-refractivity contribution in [3.8, 4) is 11.3 Å². The number of rotatable bonds is 2. The molecular weight excluding hydrogens is 250 g/mol. The maximum Gasteiger partial charge on any atom is 0.166 e. The van der Waals surface area contributed by atoms with E-state index in [1.807, 2.05) is 31.4 Å². The van der Waals surface area contributed by atoms with Crippen molar-refractivity contribution < 1.29 is 4.79 Å². The van der Waals surface area contributed by atoms with Crippen LogP contribution in [0.15, 0.2) is 30.5 Å². The first kappa shape index (κ1) is 11.0. The van der Waals surface area contributed by atoms with Gasteiger partial charge in [-0.05, 0) is 12.1 Å². The van der Waals surface area contributed by atoms with Crippen LogP contribution in [-0.2, 0) is 7.05 Å². The number of nitrogens with zero attached hydrogens (tertiary/aromatic N) is 2. The van der Waals surface area contributed by atoms with Crippen molar-refractivity contribution in [2.45, 2.75) is 0 Å². The van der Waals surface area contributed by atoms with Gasteiger partial charge in [-0.3, -0.25) is 9.48 Å². The third-order valence-electron chi connectivity index (χ3n) is 2.90. The largest absolute Gasteiger partial charge is 0.351 e. The van der Waals surface area contributed by atoms with E-state index in [4.69, 9.17) is 11.6 Å². The van der Waals surface area contributed by atoms with Gasteiger partial charge in [-0.25, -0.2) is 0 Å². The van der Waals surface area contributed by atoms with E-state index in [0.29, 0.717) is 10.7 Å². The van der Waals surface area contributed by atoms with E-state index in [2.05, 4.69) is 10.1 Å². The highest BCUT2D eigenvalue weighted by Crippen LogP contribution is 2.33. The number of aromatic nitrogens is 3. The van der Waals surface area contributed by atoms with Crippen LogP contribution in [0.1, 0.15) is 10.5 Å². The average Bonchev–Trinajstić information content (AvgIpc) is 2.93. The molecule has 0 bridgehead atoms. The van der Waals surface area contributed by atoms with Crippen LogP contribution in [0.5, 0.6) is 0 Å². The lowest BCUT2D eigenvalue weighted by molar-refractivity contribution is 0.112. The standard InChI is InChI=1S/C13H10ClN3O/c1-17-6-5-10(16-17)12-8-3-2-4-9(14)13(8)15-11(12)7-18/h2-7,15H,1H3. The van der Waals surface area contributed by atoms with Gasteiger partial charge in [0.1, 0.15) is 0 Å². The topological polar surface area (TPSA) is 50.7 Å². The first-order valence-electron chi connectivity index (χ1n) is 5.46. The number of aryl methyl sites for hydroxylation is 1. The lowest BCUT2D eigenvalue weighted by atomic mass is 10.1. The second-order valence-corrected chi connectivity index (χ2v) is 4.48. The van der Waals surface area contributed by atoms with Crippen LogP contribution < -0.4 is 0 Å². The van der Waals surface area contributed by atoms with Gasteiger partial charge < -0.3 is 4.98 Å². The molecule has 3 rings (SSSR count). The number of aromatic amines is 1. The second kappa shape index (κ2) is 3.99. The number of nitrogens with one attached hydrogen (secondary N) is 1. The van der Waals surface area contributed by atoms with Crippen molar-refractivity contribution in [3.63, 3.8) is 0 Å². The molecule has 0 spiro atoms. The summed E-state index contributed by atoms with van der Waals surface area (Å²) in [5, 5.41) is 5.84. The lowest BCUT2D eigenvalue weighted by Gasteiger charge is -1.96. The Balaban J connectivity index is 2.39. The average molecular weight is 260 g/mol. The Morgan fingerprint density at radius 1 is 1.39 bits per heavy atom. The zero-order valence-electron chi connectivity index (χ0n) is 9.64. The number of benzene rings is 1. The summed E-state index contributed by atoms with van der Waals surface area (Å²) in [4.78, 5) is 14.2. The Morgan fingerprint density at radius 3 is 2.89 bits per heavy atom. The molecule has 0 unspecified atom stereocenters. The van der Waals surface area contributed by atoms with Gasteiger partial charge in [-0.2, -0.15) is 5.10 Å². The molecule has 5 heteroatoms. The Morgan fingerprint density at radius 2 is 2.22 bits per heavy atom. The summed E-state index contributed by atoms with van der Waals surface area (Å²) in [6, 6.07) is 7.45. The van der Waals surface area contributed by atoms with E-state index in [-0.39, 0.29) is 0 Å². The van der Waals surface area contributed by atoms with Gasteiger partial charge in [-0.15, -0.1) is 0 Å². The second-order valence-electron chi connectivity index (χ2n) is 4.07. The molecule has 3 aromatic rings. The van der Waals surface area contributed by atoms with Crippen molar-refractivity contribution in [1.29, 1.82) is 0 Å². The Bertz CT molecular complexity index is 742. The van der Waals surface area contributed by atoms with Gasteiger partial charge in [-0.1, -0.05) is 23.7 Å².